The van der Waals surface area contributed by atoms with Crippen molar-refractivity contribution >= 4 is 28.8 Å². The number of hydrogen-bond donors (Lipinski definition) is 3. The summed E-state index contributed by atoms with van der Waals surface area (Å²) in [5.74, 6) is 1.01. The summed E-state index contributed by atoms with van der Waals surface area (Å²) < 4.78 is 15.5. The van der Waals surface area contributed by atoms with Crippen LogP contribution in [0.1, 0.15) is 80.6 Å². The average Bonchev–Trinajstić information content (AvgIpc) is 3.61. The maximum atomic E-state index is 13.3. The third-order valence-corrected chi connectivity index (χ3v) is 8.46. The van der Waals surface area contributed by atoms with Crippen LogP contribution in [0.15, 0.2) is 30.6 Å². The molecule has 38 heavy (non-hydrogen) atoms. The maximum Gasteiger partial charge on any atom is 0.253 e. The summed E-state index contributed by atoms with van der Waals surface area (Å²) in [6.45, 7) is 1.26. The Kier molecular flexibility index (Phi) is 7.14. The number of nitrogens with zero attached hydrogens (tertiary/aromatic N) is 5. The molecule has 2 aromatic heterocycles. The molecule has 4 N–H and O–H groups in total. The van der Waals surface area contributed by atoms with Crippen LogP contribution in [0.4, 0.5) is 16.2 Å². The molecular weight excluding hydrogens is 483 g/mol. The van der Waals surface area contributed by atoms with Crippen LogP contribution in [-0.2, 0) is 0 Å². The first kappa shape index (κ1) is 25.0. The van der Waals surface area contributed by atoms with E-state index < -0.39 is 0 Å². The Morgan fingerprint density at radius 2 is 1.58 bits per heavy atom. The number of carbonyl (C=O) groups excluding carboxylic acids is 1. The van der Waals surface area contributed by atoms with Gasteiger partial charge in [0.25, 0.3) is 5.91 Å². The van der Waals surface area contributed by atoms with E-state index >= 15 is 0 Å². The molecule has 3 aromatic rings. The van der Waals surface area contributed by atoms with Gasteiger partial charge in [-0.2, -0.15) is 9.97 Å². The summed E-state index contributed by atoms with van der Waals surface area (Å²) in [6, 6.07) is 6.98. The third-order valence-electron chi connectivity index (χ3n) is 8.46. The Morgan fingerprint density at radius 3 is 2.29 bits per heavy atom. The zero-order valence-corrected chi connectivity index (χ0v) is 21.8. The van der Waals surface area contributed by atoms with Gasteiger partial charge in [0, 0.05) is 42.8 Å². The van der Waals surface area contributed by atoms with E-state index in [0.29, 0.717) is 42.7 Å². The van der Waals surface area contributed by atoms with Gasteiger partial charge in [0.15, 0.2) is 17.0 Å². The van der Waals surface area contributed by atoms with E-state index in [1.54, 1.807) is 12.1 Å². The van der Waals surface area contributed by atoms with Crippen LogP contribution in [0, 0.1) is 5.82 Å². The molecule has 0 bridgehead atoms. The SMILES string of the molecule is N[C@H]1CC[C@H](Nc2nc(NC3CCN(C(=O)c4ccc(F)cc4)CC3)c3ncn(C4CCCC4)c3n2)CC1. The second kappa shape index (κ2) is 10.8. The number of fused-ring (bicyclic) bond motifs is 1. The minimum atomic E-state index is -0.336. The number of anilines is 2. The standard InChI is InChI=1S/C28H37FN8O/c29-19-7-5-18(6-8-19)27(38)36-15-13-22(14-16-36)32-25-24-26(37(17-31-24)23-3-1-2-4-23)35-28(34-25)33-21-11-9-20(30)10-12-21/h5-8,17,20-23H,1-4,9-16,30H2,(H2,32,33,34,35)/t20-,21-. The molecule has 1 aromatic carbocycles. The molecule has 3 aliphatic rings. The normalized spacial score (nSPS) is 23.2. The van der Waals surface area contributed by atoms with Crippen molar-refractivity contribution in [1.82, 2.24) is 24.4 Å². The average molecular weight is 521 g/mol. The van der Waals surface area contributed by atoms with Gasteiger partial charge in [0.1, 0.15) is 5.82 Å². The summed E-state index contributed by atoms with van der Waals surface area (Å²) in [5, 5.41) is 7.23. The number of piperidine rings is 1. The van der Waals surface area contributed by atoms with Gasteiger partial charge in [-0.15, -0.1) is 0 Å². The molecule has 10 heteroatoms. The number of aromatic nitrogens is 4. The van der Waals surface area contributed by atoms with Crippen LogP contribution in [0.3, 0.4) is 0 Å². The highest BCUT2D eigenvalue weighted by molar-refractivity contribution is 5.94. The molecule has 9 nitrogen and oxygen atoms in total. The van der Waals surface area contributed by atoms with Crippen molar-refractivity contribution in [2.24, 2.45) is 5.73 Å². The monoisotopic (exact) mass is 520 g/mol. The van der Waals surface area contributed by atoms with E-state index in [1.165, 1.54) is 25.0 Å². The molecule has 2 aliphatic carbocycles. The van der Waals surface area contributed by atoms with E-state index in [4.69, 9.17) is 20.7 Å². The van der Waals surface area contributed by atoms with E-state index in [-0.39, 0.29) is 17.8 Å². The van der Waals surface area contributed by atoms with E-state index in [0.717, 1.165) is 68.3 Å². The summed E-state index contributed by atoms with van der Waals surface area (Å²) >= 11 is 0. The van der Waals surface area contributed by atoms with Gasteiger partial charge in [-0.05, 0) is 75.6 Å². The zero-order chi connectivity index (χ0) is 26.1. The van der Waals surface area contributed by atoms with Gasteiger partial charge in [-0.3, -0.25) is 4.79 Å². The highest BCUT2D eigenvalue weighted by Crippen LogP contribution is 2.34. The lowest BCUT2D eigenvalue weighted by Crippen LogP contribution is -2.42. The Morgan fingerprint density at radius 1 is 0.895 bits per heavy atom. The van der Waals surface area contributed by atoms with Gasteiger partial charge in [0.05, 0.1) is 6.33 Å². The van der Waals surface area contributed by atoms with Crippen LogP contribution in [0.25, 0.3) is 11.2 Å². The van der Waals surface area contributed by atoms with Crippen molar-refractivity contribution < 1.29 is 9.18 Å². The van der Waals surface area contributed by atoms with Crippen molar-refractivity contribution in [1.29, 1.82) is 0 Å². The number of benzene rings is 1. The van der Waals surface area contributed by atoms with Crippen LogP contribution in [-0.4, -0.2) is 61.5 Å². The minimum Gasteiger partial charge on any atom is -0.365 e. The Hall–Kier alpha value is -3.27. The number of nitrogens with one attached hydrogen (secondary N) is 2. The molecular formula is C28H37FN8O. The predicted molar refractivity (Wildman–Crippen MR) is 146 cm³/mol. The van der Waals surface area contributed by atoms with Crippen LogP contribution in [0.5, 0.6) is 0 Å². The number of hydrogen-bond acceptors (Lipinski definition) is 7. The topological polar surface area (TPSA) is 114 Å². The second-order valence-electron chi connectivity index (χ2n) is 11.1. The molecule has 202 valence electrons. The molecule has 0 spiro atoms. The smallest absolute Gasteiger partial charge is 0.253 e. The molecule has 1 aliphatic heterocycles. The number of amides is 1. The first-order valence-electron chi connectivity index (χ1n) is 14.1. The first-order chi connectivity index (χ1) is 18.5. The van der Waals surface area contributed by atoms with E-state index in [1.807, 2.05) is 11.2 Å². The number of halogens is 1. The van der Waals surface area contributed by atoms with Gasteiger partial charge in [-0.25, -0.2) is 9.37 Å². The molecule has 3 fully saturated rings. The minimum absolute atomic E-state index is 0.0538. The van der Waals surface area contributed by atoms with Crippen molar-refractivity contribution in [3.05, 3.63) is 42.0 Å². The number of nitrogens with two attached hydrogens (primary N) is 1. The van der Waals surface area contributed by atoms with Crippen LogP contribution in [0.2, 0.25) is 0 Å². The lowest BCUT2D eigenvalue weighted by molar-refractivity contribution is 0.0718. The number of rotatable bonds is 6. The highest BCUT2D eigenvalue weighted by atomic mass is 19.1. The number of imidazole rings is 1. The van der Waals surface area contributed by atoms with Crippen molar-refractivity contribution in [3.63, 3.8) is 0 Å². The van der Waals surface area contributed by atoms with Gasteiger partial charge < -0.3 is 25.8 Å². The maximum absolute atomic E-state index is 13.3. The van der Waals surface area contributed by atoms with E-state index in [2.05, 4.69) is 15.2 Å². The van der Waals surface area contributed by atoms with Gasteiger partial charge in [-0.1, -0.05) is 12.8 Å². The number of carbonyl (C=O) groups is 1. The Labute approximate surface area is 222 Å². The van der Waals surface area contributed by atoms with E-state index in [9.17, 15) is 9.18 Å². The molecule has 1 amide bonds. The largest absolute Gasteiger partial charge is 0.365 e. The quantitative estimate of drug-likeness (QED) is 0.439. The molecule has 2 saturated carbocycles. The molecule has 1 saturated heterocycles. The predicted octanol–water partition coefficient (Wildman–Crippen LogP) is 4.48. The van der Waals surface area contributed by atoms with Crippen molar-refractivity contribution in [3.8, 4) is 0 Å². The van der Waals surface area contributed by atoms with Crippen LogP contribution < -0.4 is 16.4 Å². The highest BCUT2D eigenvalue weighted by Gasteiger charge is 2.27. The molecule has 0 atom stereocenters. The fraction of sp³-hybridized carbons (Fsp3) is 0.571. The van der Waals surface area contributed by atoms with Crippen molar-refractivity contribution in [2.75, 3.05) is 23.7 Å². The first-order valence-corrected chi connectivity index (χ1v) is 14.1. The van der Waals surface area contributed by atoms with Gasteiger partial charge in [0.2, 0.25) is 5.95 Å². The summed E-state index contributed by atoms with van der Waals surface area (Å²) in [6.07, 6.45) is 12.4. The summed E-state index contributed by atoms with van der Waals surface area (Å²) in [5.41, 5.74) is 8.32. The molecule has 6 rings (SSSR count). The molecule has 3 heterocycles. The Balaban J connectivity index is 1.19. The fourth-order valence-corrected chi connectivity index (χ4v) is 6.17. The number of likely N-dealkylation sites (tertiary alicyclic amines) is 1. The summed E-state index contributed by atoms with van der Waals surface area (Å²) in [7, 11) is 0. The Bertz CT molecular complexity index is 1260. The lowest BCUT2D eigenvalue weighted by atomic mass is 9.92. The molecule has 0 radical (unpaired) electrons. The zero-order valence-electron chi connectivity index (χ0n) is 21.8. The molecule has 0 unspecified atom stereocenters. The fourth-order valence-electron chi connectivity index (χ4n) is 6.17. The van der Waals surface area contributed by atoms with Crippen LogP contribution >= 0.6 is 0 Å². The summed E-state index contributed by atoms with van der Waals surface area (Å²) in [4.78, 5) is 29.3. The lowest BCUT2D eigenvalue weighted by Gasteiger charge is -2.33. The van der Waals surface area contributed by atoms with Gasteiger partial charge >= 0.3 is 0 Å². The third kappa shape index (κ3) is 5.32. The van der Waals surface area contributed by atoms with Crippen molar-refractivity contribution in [2.45, 2.75) is 88.4 Å². The second-order valence-corrected chi connectivity index (χ2v) is 11.1.